The third kappa shape index (κ3) is 2.41. The molecule has 0 spiro atoms. The van der Waals surface area contributed by atoms with Crippen LogP contribution in [0.5, 0.6) is 0 Å². The lowest BCUT2D eigenvalue weighted by molar-refractivity contribution is -0.136. The van der Waals surface area contributed by atoms with E-state index in [0.717, 1.165) is 31.5 Å². The standard InChI is InChI=1S/C17H24N2O/c1-12-11-15(14-8-3-4-9-16(14)18-12)17(20)19-10-6-5-7-13(19)2/h3-4,8-9,12-13,15,18H,5-7,10-11H2,1-2H3. The first-order valence-electron chi connectivity index (χ1n) is 7.82. The molecule has 108 valence electrons. The number of carbonyl (C=O) groups excluding carboxylic acids is 1. The first-order valence-corrected chi connectivity index (χ1v) is 7.82. The predicted molar refractivity (Wildman–Crippen MR) is 81.9 cm³/mol. The van der Waals surface area contributed by atoms with Gasteiger partial charge in [-0.3, -0.25) is 4.79 Å². The van der Waals surface area contributed by atoms with E-state index in [2.05, 4.69) is 36.2 Å². The Morgan fingerprint density at radius 1 is 1.25 bits per heavy atom. The highest BCUT2D eigenvalue weighted by Crippen LogP contribution is 2.36. The van der Waals surface area contributed by atoms with Crippen molar-refractivity contribution in [3.63, 3.8) is 0 Å². The molecular weight excluding hydrogens is 248 g/mol. The van der Waals surface area contributed by atoms with E-state index in [4.69, 9.17) is 0 Å². The van der Waals surface area contributed by atoms with Gasteiger partial charge in [-0.05, 0) is 51.2 Å². The van der Waals surface area contributed by atoms with Crippen LogP contribution in [0, 0.1) is 0 Å². The SMILES string of the molecule is CC1CC(C(=O)N2CCCCC2C)c2ccccc2N1. The molecule has 0 saturated carbocycles. The molecule has 1 aromatic rings. The second kappa shape index (κ2) is 5.47. The minimum Gasteiger partial charge on any atom is -0.382 e. The first kappa shape index (κ1) is 13.5. The number of hydrogen-bond acceptors (Lipinski definition) is 2. The summed E-state index contributed by atoms with van der Waals surface area (Å²) in [7, 11) is 0. The number of fused-ring (bicyclic) bond motifs is 1. The summed E-state index contributed by atoms with van der Waals surface area (Å²) in [6.07, 6.45) is 4.45. The Morgan fingerprint density at radius 2 is 2.05 bits per heavy atom. The molecule has 1 saturated heterocycles. The minimum atomic E-state index is 0.0306. The maximum atomic E-state index is 13.0. The van der Waals surface area contributed by atoms with E-state index in [0.29, 0.717) is 18.0 Å². The molecule has 3 rings (SSSR count). The van der Waals surface area contributed by atoms with Gasteiger partial charge in [0.15, 0.2) is 0 Å². The van der Waals surface area contributed by atoms with Gasteiger partial charge in [0.1, 0.15) is 0 Å². The third-order valence-corrected chi connectivity index (χ3v) is 4.71. The maximum Gasteiger partial charge on any atom is 0.230 e. The summed E-state index contributed by atoms with van der Waals surface area (Å²) in [5.41, 5.74) is 2.31. The van der Waals surface area contributed by atoms with Crippen molar-refractivity contribution in [1.82, 2.24) is 4.90 Å². The van der Waals surface area contributed by atoms with Gasteiger partial charge >= 0.3 is 0 Å². The second-order valence-corrected chi connectivity index (χ2v) is 6.30. The van der Waals surface area contributed by atoms with E-state index < -0.39 is 0 Å². The number of nitrogens with one attached hydrogen (secondary N) is 1. The van der Waals surface area contributed by atoms with Crippen LogP contribution in [-0.2, 0) is 4.79 Å². The van der Waals surface area contributed by atoms with Gasteiger partial charge in [-0.2, -0.15) is 0 Å². The van der Waals surface area contributed by atoms with Crippen LogP contribution in [0.1, 0.15) is 51.0 Å². The molecule has 2 aliphatic rings. The highest BCUT2D eigenvalue weighted by atomic mass is 16.2. The van der Waals surface area contributed by atoms with Crippen LogP contribution in [0.4, 0.5) is 5.69 Å². The van der Waals surface area contributed by atoms with Crippen molar-refractivity contribution >= 4 is 11.6 Å². The Hall–Kier alpha value is -1.51. The van der Waals surface area contributed by atoms with Crippen molar-refractivity contribution in [1.29, 1.82) is 0 Å². The average Bonchev–Trinajstić information content (AvgIpc) is 2.46. The van der Waals surface area contributed by atoms with Crippen LogP contribution >= 0.6 is 0 Å². The van der Waals surface area contributed by atoms with Crippen LogP contribution in [0.15, 0.2) is 24.3 Å². The number of rotatable bonds is 1. The van der Waals surface area contributed by atoms with Crippen molar-refractivity contribution in [2.24, 2.45) is 0 Å². The molecule has 1 amide bonds. The molecule has 1 N–H and O–H groups in total. The number of nitrogens with zero attached hydrogens (tertiary/aromatic N) is 1. The second-order valence-electron chi connectivity index (χ2n) is 6.30. The highest BCUT2D eigenvalue weighted by Gasteiger charge is 2.34. The third-order valence-electron chi connectivity index (χ3n) is 4.71. The highest BCUT2D eigenvalue weighted by molar-refractivity contribution is 5.86. The predicted octanol–water partition coefficient (Wildman–Crippen LogP) is 3.38. The summed E-state index contributed by atoms with van der Waals surface area (Å²) >= 11 is 0. The van der Waals surface area contributed by atoms with Gasteiger partial charge < -0.3 is 10.2 Å². The summed E-state index contributed by atoms with van der Waals surface area (Å²) in [5.74, 6) is 0.362. The molecule has 0 aliphatic carbocycles. The molecule has 1 fully saturated rings. The Kier molecular flexibility index (Phi) is 3.68. The molecule has 1 aromatic carbocycles. The van der Waals surface area contributed by atoms with E-state index in [1.807, 2.05) is 12.1 Å². The normalized spacial score (nSPS) is 29.5. The molecular formula is C17H24N2O. The summed E-state index contributed by atoms with van der Waals surface area (Å²) in [6.45, 7) is 5.28. The van der Waals surface area contributed by atoms with Crippen LogP contribution in [0.25, 0.3) is 0 Å². The Morgan fingerprint density at radius 3 is 2.85 bits per heavy atom. The van der Waals surface area contributed by atoms with Gasteiger partial charge in [0.05, 0.1) is 5.92 Å². The molecule has 0 radical (unpaired) electrons. The topological polar surface area (TPSA) is 32.3 Å². The molecule has 3 unspecified atom stereocenters. The van der Waals surface area contributed by atoms with Crippen molar-refractivity contribution in [2.75, 3.05) is 11.9 Å². The summed E-state index contributed by atoms with van der Waals surface area (Å²) in [5, 5.41) is 3.49. The largest absolute Gasteiger partial charge is 0.382 e. The zero-order valence-electron chi connectivity index (χ0n) is 12.4. The summed E-state index contributed by atoms with van der Waals surface area (Å²) in [6, 6.07) is 9.02. The number of benzene rings is 1. The zero-order valence-corrected chi connectivity index (χ0v) is 12.4. The number of likely N-dealkylation sites (tertiary alicyclic amines) is 1. The molecule has 3 heteroatoms. The van der Waals surface area contributed by atoms with Crippen molar-refractivity contribution in [3.8, 4) is 0 Å². The minimum absolute atomic E-state index is 0.0306. The van der Waals surface area contributed by atoms with Gasteiger partial charge in [-0.25, -0.2) is 0 Å². The summed E-state index contributed by atoms with van der Waals surface area (Å²) < 4.78 is 0. The van der Waals surface area contributed by atoms with Gasteiger partial charge in [0.25, 0.3) is 0 Å². The lowest BCUT2D eigenvalue weighted by Gasteiger charge is -2.39. The Labute approximate surface area is 121 Å². The van der Waals surface area contributed by atoms with Crippen LogP contribution in [0.2, 0.25) is 0 Å². The van der Waals surface area contributed by atoms with Crippen molar-refractivity contribution in [3.05, 3.63) is 29.8 Å². The number of amides is 1. The molecule has 20 heavy (non-hydrogen) atoms. The van der Waals surface area contributed by atoms with E-state index in [1.54, 1.807) is 0 Å². The smallest absolute Gasteiger partial charge is 0.230 e. The van der Waals surface area contributed by atoms with Gasteiger partial charge in [-0.15, -0.1) is 0 Å². The first-order chi connectivity index (χ1) is 9.66. The molecule has 0 bridgehead atoms. The van der Waals surface area contributed by atoms with E-state index >= 15 is 0 Å². The van der Waals surface area contributed by atoms with Crippen LogP contribution in [0.3, 0.4) is 0 Å². The number of para-hydroxylation sites is 1. The van der Waals surface area contributed by atoms with Crippen LogP contribution in [-0.4, -0.2) is 29.4 Å². The van der Waals surface area contributed by atoms with Gasteiger partial charge in [-0.1, -0.05) is 18.2 Å². The molecule has 2 heterocycles. The molecule has 3 atom stereocenters. The fraction of sp³-hybridized carbons (Fsp3) is 0.588. The molecule has 3 nitrogen and oxygen atoms in total. The maximum absolute atomic E-state index is 13.0. The van der Waals surface area contributed by atoms with Gasteiger partial charge in [0, 0.05) is 24.3 Å². The molecule has 2 aliphatic heterocycles. The van der Waals surface area contributed by atoms with Crippen LogP contribution < -0.4 is 5.32 Å². The van der Waals surface area contributed by atoms with E-state index in [-0.39, 0.29) is 5.92 Å². The Balaban J connectivity index is 1.87. The monoisotopic (exact) mass is 272 g/mol. The van der Waals surface area contributed by atoms with E-state index in [1.165, 1.54) is 12.0 Å². The zero-order chi connectivity index (χ0) is 14.1. The number of hydrogen-bond donors (Lipinski definition) is 1. The number of carbonyl (C=O) groups is 1. The number of piperidine rings is 1. The van der Waals surface area contributed by atoms with Crippen molar-refractivity contribution in [2.45, 2.75) is 57.5 Å². The Bertz CT molecular complexity index is 500. The fourth-order valence-corrected chi connectivity index (χ4v) is 3.60. The molecule has 0 aromatic heterocycles. The lowest BCUT2D eigenvalue weighted by Crippen LogP contribution is -2.46. The number of anilines is 1. The quantitative estimate of drug-likeness (QED) is 0.850. The summed E-state index contributed by atoms with van der Waals surface area (Å²) in [4.78, 5) is 15.1. The van der Waals surface area contributed by atoms with Crippen molar-refractivity contribution < 1.29 is 4.79 Å². The lowest BCUT2D eigenvalue weighted by atomic mass is 9.85. The van der Waals surface area contributed by atoms with Gasteiger partial charge in [0.2, 0.25) is 5.91 Å². The average molecular weight is 272 g/mol. The fourth-order valence-electron chi connectivity index (χ4n) is 3.60. The van der Waals surface area contributed by atoms with E-state index in [9.17, 15) is 4.79 Å².